The third-order valence-electron chi connectivity index (χ3n) is 15.2. The van der Waals surface area contributed by atoms with Crippen LogP contribution in [0.4, 0.5) is 0 Å². The van der Waals surface area contributed by atoms with E-state index in [1.807, 2.05) is 21.1 Å². The zero-order valence-corrected chi connectivity index (χ0v) is 60.4. The normalized spacial score (nSPS) is 14.1. The van der Waals surface area contributed by atoms with Crippen molar-refractivity contribution in [2.75, 3.05) is 47.5 Å². The summed E-state index contributed by atoms with van der Waals surface area (Å²) in [6, 6.07) is 0. The van der Waals surface area contributed by atoms with Gasteiger partial charge in [0.05, 0.1) is 27.7 Å². The first kappa shape index (κ1) is 87.4. The van der Waals surface area contributed by atoms with Gasteiger partial charge >= 0.3 is 19.8 Å². The van der Waals surface area contributed by atoms with Gasteiger partial charge in [-0.2, -0.15) is 0 Å². The number of unbranched alkanes of at least 4 members (excludes halogenated alkanes) is 24. The van der Waals surface area contributed by atoms with E-state index < -0.39 is 26.5 Å². The number of rotatable bonds is 66. The van der Waals surface area contributed by atoms with Crippen molar-refractivity contribution in [3.8, 4) is 0 Å². The van der Waals surface area contributed by atoms with E-state index >= 15 is 0 Å². The van der Waals surface area contributed by atoms with Crippen molar-refractivity contribution in [2.45, 2.75) is 290 Å². The number of phosphoric ester groups is 1. The average Bonchev–Trinajstić information content (AvgIpc) is 2.14. The number of likely N-dealkylation sites (N-methyl/N-ethyl adjacent to an activating group) is 1. The van der Waals surface area contributed by atoms with Crippen molar-refractivity contribution in [1.82, 2.24) is 0 Å². The Bertz CT molecular complexity index is 2160. The maximum atomic E-state index is 12.9. The van der Waals surface area contributed by atoms with Gasteiger partial charge in [-0.25, -0.2) is 4.57 Å². The summed E-state index contributed by atoms with van der Waals surface area (Å²) in [5, 5.41) is 0. The molecule has 10 heteroatoms. The van der Waals surface area contributed by atoms with E-state index in [4.69, 9.17) is 18.5 Å². The Morgan fingerprint density at radius 3 is 0.870 bits per heavy atom. The van der Waals surface area contributed by atoms with Gasteiger partial charge in [-0.15, -0.1) is 0 Å². The van der Waals surface area contributed by atoms with Gasteiger partial charge in [-0.3, -0.25) is 18.6 Å². The van der Waals surface area contributed by atoms with Gasteiger partial charge in [0.25, 0.3) is 0 Å². The van der Waals surface area contributed by atoms with E-state index in [0.717, 1.165) is 141 Å². The largest absolute Gasteiger partial charge is 0.472 e. The van der Waals surface area contributed by atoms with Crippen LogP contribution in [0.1, 0.15) is 284 Å². The van der Waals surface area contributed by atoms with Crippen LogP contribution in [0.15, 0.2) is 170 Å². The van der Waals surface area contributed by atoms with Gasteiger partial charge in [0.1, 0.15) is 19.8 Å². The molecule has 0 rings (SSSR count). The van der Waals surface area contributed by atoms with Gasteiger partial charge in [0.15, 0.2) is 6.10 Å². The molecule has 2 atom stereocenters. The van der Waals surface area contributed by atoms with Crippen molar-refractivity contribution in [3.05, 3.63) is 170 Å². The first-order chi connectivity index (χ1) is 45.0. The predicted octanol–water partition coefficient (Wildman–Crippen LogP) is 24.5. The van der Waals surface area contributed by atoms with Crippen LogP contribution >= 0.6 is 7.82 Å². The molecule has 0 aliphatic heterocycles. The highest BCUT2D eigenvalue weighted by molar-refractivity contribution is 7.47. The molecule has 0 bridgehead atoms. The number of hydrogen-bond donors (Lipinski definition) is 1. The van der Waals surface area contributed by atoms with Crippen LogP contribution in [0, 0.1) is 0 Å². The van der Waals surface area contributed by atoms with Crippen LogP contribution in [0.25, 0.3) is 0 Å². The summed E-state index contributed by atoms with van der Waals surface area (Å²) in [7, 11) is 1.46. The van der Waals surface area contributed by atoms with E-state index in [1.165, 1.54) is 109 Å². The zero-order chi connectivity index (χ0) is 66.9. The van der Waals surface area contributed by atoms with Crippen molar-refractivity contribution in [3.63, 3.8) is 0 Å². The third kappa shape index (κ3) is 74.4. The Hall–Kier alpha value is -4.63. The molecule has 0 fully saturated rings. The van der Waals surface area contributed by atoms with Gasteiger partial charge in [0, 0.05) is 12.8 Å². The molecule has 0 aliphatic carbocycles. The van der Waals surface area contributed by atoms with Gasteiger partial charge in [0.2, 0.25) is 0 Å². The molecular formula is C82H137NO8P+. The summed E-state index contributed by atoms with van der Waals surface area (Å²) >= 11 is 0. The van der Waals surface area contributed by atoms with Crippen LogP contribution in [0.5, 0.6) is 0 Å². The average molecular weight is 1300 g/mol. The highest BCUT2D eigenvalue weighted by Gasteiger charge is 2.27. The molecule has 92 heavy (non-hydrogen) atoms. The number of carbonyl (C=O) groups is 2. The lowest BCUT2D eigenvalue weighted by Gasteiger charge is -2.24. The fraction of sp³-hybridized carbons (Fsp3) is 0.634. The first-order valence-electron chi connectivity index (χ1n) is 36.9. The highest BCUT2D eigenvalue weighted by atomic mass is 31.2. The second kappa shape index (κ2) is 70.7. The SMILES string of the molecule is CC/C=C\C/C=C\C/C=C\C/C=C\C/C=C\C/C=C\C/C=C\C/C=C\CCCCCCCCCCCCCCCCC(=O)OC(COC(=O)CCCCCCCCCCCC/C=C\C/C=C\C/C=C\C/C=C\C/C=C\C/C=C\CC)COP(=O)(O)OCC[N+](C)(C)C. The molecule has 522 valence electrons. The molecule has 0 saturated carbocycles. The molecule has 0 saturated heterocycles. The molecule has 0 radical (unpaired) electrons. The van der Waals surface area contributed by atoms with E-state index in [2.05, 4.69) is 184 Å². The van der Waals surface area contributed by atoms with Crippen molar-refractivity contribution < 1.29 is 42.1 Å². The Labute approximate surface area is 566 Å². The van der Waals surface area contributed by atoms with Crippen molar-refractivity contribution in [2.24, 2.45) is 0 Å². The van der Waals surface area contributed by atoms with Crippen LogP contribution in [-0.4, -0.2) is 74.9 Å². The van der Waals surface area contributed by atoms with E-state index in [0.29, 0.717) is 17.4 Å². The summed E-state index contributed by atoms with van der Waals surface area (Å²) in [6.45, 7) is 4.20. The van der Waals surface area contributed by atoms with Crippen LogP contribution < -0.4 is 0 Å². The summed E-state index contributed by atoms with van der Waals surface area (Å²) in [6.07, 6.45) is 107. The van der Waals surface area contributed by atoms with E-state index in [9.17, 15) is 19.0 Å². The van der Waals surface area contributed by atoms with E-state index in [-0.39, 0.29) is 32.0 Å². The quantitative estimate of drug-likeness (QED) is 0.0211. The summed E-state index contributed by atoms with van der Waals surface area (Å²) in [5.74, 6) is -0.807. The Balaban J connectivity index is 4.07. The minimum atomic E-state index is -4.41. The number of nitrogens with zero attached hydrogens (tertiary/aromatic N) is 1. The lowest BCUT2D eigenvalue weighted by atomic mass is 10.0. The molecule has 0 aromatic carbocycles. The summed E-state index contributed by atoms with van der Waals surface area (Å²) < 4.78 is 34.8. The smallest absolute Gasteiger partial charge is 0.462 e. The first-order valence-corrected chi connectivity index (χ1v) is 38.4. The second-order valence-electron chi connectivity index (χ2n) is 25.2. The Morgan fingerprint density at radius 2 is 0.587 bits per heavy atom. The van der Waals surface area contributed by atoms with Crippen LogP contribution in [0.2, 0.25) is 0 Å². The fourth-order valence-corrected chi connectivity index (χ4v) is 10.4. The van der Waals surface area contributed by atoms with Crippen molar-refractivity contribution >= 4 is 19.8 Å². The number of esters is 2. The number of allylic oxidation sites excluding steroid dienone is 28. The lowest BCUT2D eigenvalue weighted by Crippen LogP contribution is -2.37. The Morgan fingerprint density at radius 1 is 0.337 bits per heavy atom. The fourth-order valence-electron chi connectivity index (χ4n) is 9.68. The molecule has 0 spiro atoms. The molecule has 2 unspecified atom stereocenters. The van der Waals surface area contributed by atoms with Gasteiger partial charge in [-0.1, -0.05) is 312 Å². The van der Waals surface area contributed by atoms with Crippen LogP contribution in [-0.2, 0) is 32.7 Å². The summed E-state index contributed by atoms with van der Waals surface area (Å²) in [5.41, 5.74) is 0. The molecule has 0 amide bonds. The third-order valence-corrected chi connectivity index (χ3v) is 16.2. The number of phosphoric acid groups is 1. The molecule has 1 N–H and O–H groups in total. The summed E-state index contributed by atoms with van der Waals surface area (Å²) in [4.78, 5) is 35.9. The monoisotopic (exact) mass is 1300 g/mol. The van der Waals surface area contributed by atoms with Gasteiger partial charge in [-0.05, 0) is 128 Å². The molecule has 0 heterocycles. The standard InChI is InChI=1S/C82H136NO8P/c1-6-8-10-12-14-16-18-20-22-24-26-28-30-32-34-36-37-38-39-40-41-42-43-44-45-47-49-51-53-55-57-59-61-63-65-67-69-71-73-75-82(85)91-80(79-90-92(86,87)89-77-76-83(3,4)5)78-88-81(84)74-72-70-68-66-64-62-60-58-56-54-52-50-48-46-35-33-31-29-27-25-23-21-19-17-15-13-11-9-7-2/h8-11,14-17,20-23,26-29,32-35,37-38,40-41,43-44,48,50,80H,6-7,12-13,18-19,24-25,30-31,36,39,42,45-47,49,51-79H2,1-5H3/p+1/b10-8-,11-9-,16-14-,17-15-,22-20-,23-21-,28-26-,29-27-,34-32-,35-33-,38-37-,41-40-,44-43-,50-48-. The minimum Gasteiger partial charge on any atom is -0.462 e. The molecule has 0 aromatic rings. The molecule has 0 aliphatic rings. The maximum Gasteiger partial charge on any atom is 0.472 e. The zero-order valence-electron chi connectivity index (χ0n) is 59.5. The molecule has 9 nitrogen and oxygen atoms in total. The lowest BCUT2D eigenvalue weighted by molar-refractivity contribution is -0.870. The van der Waals surface area contributed by atoms with E-state index in [1.54, 1.807) is 0 Å². The molecule has 0 aromatic heterocycles. The maximum absolute atomic E-state index is 12.9. The minimum absolute atomic E-state index is 0.0236. The molecular weight excluding hydrogens is 1160 g/mol. The number of hydrogen-bond acceptors (Lipinski definition) is 7. The second-order valence-corrected chi connectivity index (χ2v) is 26.7. The number of ether oxygens (including phenoxy) is 2. The van der Waals surface area contributed by atoms with Crippen LogP contribution in [0.3, 0.4) is 0 Å². The number of carbonyl (C=O) groups excluding carboxylic acids is 2. The topological polar surface area (TPSA) is 108 Å². The van der Waals surface area contributed by atoms with Gasteiger partial charge < -0.3 is 18.9 Å². The Kier molecular flexibility index (Phi) is 67.1. The van der Waals surface area contributed by atoms with Crippen molar-refractivity contribution in [1.29, 1.82) is 0 Å². The predicted molar refractivity (Wildman–Crippen MR) is 399 cm³/mol. The highest BCUT2D eigenvalue weighted by Crippen LogP contribution is 2.43. The number of quaternary nitrogens is 1.